The van der Waals surface area contributed by atoms with Gasteiger partial charge in [0.25, 0.3) is 0 Å². The van der Waals surface area contributed by atoms with E-state index in [4.69, 9.17) is 4.74 Å². The first kappa shape index (κ1) is 9.30. The SMILES string of the molecule is CCCC/C=C1\C[C@@H](C)OC1=O. The fourth-order valence-electron chi connectivity index (χ4n) is 1.34. The summed E-state index contributed by atoms with van der Waals surface area (Å²) in [5, 5.41) is 0. The van der Waals surface area contributed by atoms with Crippen LogP contribution < -0.4 is 0 Å². The van der Waals surface area contributed by atoms with E-state index in [9.17, 15) is 4.79 Å². The van der Waals surface area contributed by atoms with Gasteiger partial charge in [0.15, 0.2) is 0 Å². The minimum atomic E-state index is -0.112. The van der Waals surface area contributed by atoms with Crippen molar-refractivity contribution in [1.82, 2.24) is 0 Å². The van der Waals surface area contributed by atoms with Crippen LogP contribution in [0.1, 0.15) is 39.5 Å². The first-order valence-corrected chi connectivity index (χ1v) is 4.64. The third-order valence-corrected chi connectivity index (χ3v) is 2.03. The van der Waals surface area contributed by atoms with E-state index in [1.54, 1.807) is 0 Å². The molecule has 0 bridgehead atoms. The standard InChI is InChI=1S/C10H16O2/c1-3-4-5-6-9-7-8(2)12-10(9)11/h6,8H,3-5,7H2,1-2H3/b9-6+/t8-/m1/s1. The highest BCUT2D eigenvalue weighted by atomic mass is 16.5. The van der Waals surface area contributed by atoms with Crippen molar-refractivity contribution in [2.75, 3.05) is 0 Å². The molecular formula is C10H16O2. The minimum Gasteiger partial charge on any atom is -0.459 e. The number of carbonyl (C=O) groups is 1. The predicted octanol–water partition coefficient (Wildman–Crippen LogP) is 2.44. The molecule has 0 aliphatic carbocycles. The van der Waals surface area contributed by atoms with Crippen molar-refractivity contribution in [2.45, 2.75) is 45.6 Å². The van der Waals surface area contributed by atoms with Gasteiger partial charge >= 0.3 is 5.97 Å². The molecule has 12 heavy (non-hydrogen) atoms. The van der Waals surface area contributed by atoms with Crippen molar-refractivity contribution in [3.63, 3.8) is 0 Å². The molecule has 0 unspecified atom stereocenters. The van der Waals surface area contributed by atoms with Gasteiger partial charge in [-0.05, 0) is 13.3 Å². The maximum absolute atomic E-state index is 11.1. The van der Waals surface area contributed by atoms with Crippen molar-refractivity contribution in [3.8, 4) is 0 Å². The van der Waals surface area contributed by atoms with Crippen molar-refractivity contribution in [3.05, 3.63) is 11.6 Å². The number of ether oxygens (including phenoxy) is 1. The van der Waals surface area contributed by atoms with Crippen LogP contribution in [0.15, 0.2) is 11.6 Å². The third-order valence-electron chi connectivity index (χ3n) is 2.03. The van der Waals surface area contributed by atoms with Crippen molar-refractivity contribution in [1.29, 1.82) is 0 Å². The van der Waals surface area contributed by atoms with Crippen LogP contribution in [0, 0.1) is 0 Å². The molecule has 1 atom stereocenters. The number of carbonyl (C=O) groups excluding carboxylic acids is 1. The zero-order valence-electron chi connectivity index (χ0n) is 7.80. The number of rotatable bonds is 3. The molecule has 0 aromatic rings. The Hall–Kier alpha value is -0.790. The molecule has 1 saturated heterocycles. The second kappa shape index (κ2) is 4.29. The summed E-state index contributed by atoms with van der Waals surface area (Å²) in [6.45, 7) is 4.08. The molecule has 0 saturated carbocycles. The largest absolute Gasteiger partial charge is 0.459 e. The highest BCUT2D eigenvalue weighted by molar-refractivity contribution is 5.90. The van der Waals surface area contributed by atoms with Gasteiger partial charge < -0.3 is 4.74 Å². The zero-order chi connectivity index (χ0) is 8.97. The molecule has 1 fully saturated rings. The summed E-state index contributed by atoms with van der Waals surface area (Å²) in [5.74, 6) is -0.112. The van der Waals surface area contributed by atoms with E-state index in [0.29, 0.717) is 0 Å². The number of esters is 1. The Kier molecular flexibility index (Phi) is 3.32. The van der Waals surface area contributed by atoms with Crippen LogP contribution in [0.4, 0.5) is 0 Å². The molecule has 1 aliphatic heterocycles. The average molecular weight is 168 g/mol. The topological polar surface area (TPSA) is 26.3 Å². The predicted molar refractivity (Wildman–Crippen MR) is 47.8 cm³/mol. The molecular weight excluding hydrogens is 152 g/mol. The summed E-state index contributed by atoms with van der Waals surface area (Å²) in [5.41, 5.74) is 0.871. The highest BCUT2D eigenvalue weighted by Gasteiger charge is 2.24. The van der Waals surface area contributed by atoms with Gasteiger partial charge in [-0.25, -0.2) is 4.79 Å². The molecule has 2 heteroatoms. The lowest BCUT2D eigenvalue weighted by Gasteiger charge is -1.94. The van der Waals surface area contributed by atoms with Crippen molar-refractivity contribution < 1.29 is 9.53 Å². The third kappa shape index (κ3) is 2.36. The van der Waals surface area contributed by atoms with Gasteiger partial charge in [-0.2, -0.15) is 0 Å². The summed E-state index contributed by atoms with van der Waals surface area (Å²) >= 11 is 0. The van der Waals surface area contributed by atoms with E-state index in [1.807, 2.05) is 13.0 Å². The molecule has 0 spiro atoms. The quantitative estimate of drug-likeness (QED) is 0.367. The number of cyclic esters (lactones) is 1. The van der Waals surface area contributed by atoms with Gasteiger partial charge in [0.1, 0.15) is 6.10 Å². The number of unbranched alkanes of at least 4 members (excludes halogenated alkanes) is 2. The van der Waals surface area contributed by atoms with Crippen LogP contribution in [0.5, 0.6) is 0 Å². The number of hydrogen-bond acceptors (Lipinski definition) is 2. The molecule has 68 valence electrons. The Bertz CT molecular complexity index is 194. The highest BCUT2D eigenvalue weighted by Crippen LogP contribution is 2.20. The lowest BCUT2D eigenvalue weighted by Crippen LogP contribution is -1.99. The molecule has 0 radical (unpaired) electrons. The van der Waals surface area contributed by atoms with E-state index in [-0.39, 0.29) is 12.1 Å². The molecule has 0 aromatic heterocycles. The minimum absolute atomic E-state index is 0.0883. The van der Waals surface area contributed by atoms with Gasteiger partial charge in [0, 0.05) is 12.0 Å². The Morgan fingerprint density at radius 3 is 2.92 bits per heavy atom. The second-order valence-corrected chi connectivity index (χ2v) is 3.29. The summed E-state index contributed by atoms with van der Waals surface area (Å²) in [6.07, 6.45) is 6.25. The second-order valence-electron chi connectivity index (χ2n) is 3.29. The maximum Gasteiger partial charge on any atom is 0.334 e. The van der Waals surface area contributed by atoms with Crippen LogP contribution in [0.25, 0.3) is 0 Å². The fraction of sp³-hybridized carbons (Fsp3) is 0.700. The molecule has 2 nitrogen and oxygen atoms in total. The van der Waals surface area contributed by atoms with E-state index in [2.05, 4.69) is 6.92 Å². The van der Waals surface area contributed by atoms with Crippen LogP contribution >= 0.6 is 0 Å². The average Bonchev–Trinajstić information content (AvgIpc) is 2.31. The zero-order valence-corrected chi connectivity index (χ0v) is 7.80. The van der Waals surface area contributed by atoms with E-state index in [1.165, 1.54) is 6.42 Å². The lowest BCUT2D eigenvalue weighted by molar-refractivity contribution is -0.138. The van der Waals surface area contributed by atoms with E-state index < -0.39 is 0 Å². The van der Waals surface area contributed by atoms with Gasteiger partial charge in [-0.1, -0.05) is 25.8 Å². The normalized spacial score (nSPS) is 26.3. The summed E-state index contributed by atoms with van der Waals surface area (Å²) < 4.78 is 5.00. The van der Waals surface area contributed by atoms with Crippen LogP contribution in [-0.2, 0) is 9.53 Å². The summed E-state index contributed by atoms with van der Waals surface area (Å²) in [7, 11) is 0. The Labute approximate surface area is 73.6 Å². The van der Waals surface area contributed by atoms with Gasteiger partial charge in [-0.3, -0.25) is 0 Å². The van der Waals surface area contributed by atoms with Crippen LogP contribution in [-0.4, -0.2) is 12.1 Å². The number of hydrogen-bond donors (Lipinski definition) is 0. The molecule has 0 aromatic carbocycles. The molecule has 1 rings (SSSR count). The van der Waals surface area contributed by atoms with Crippen LogP contribution in [0.3, 0.4) is 0 Å². The van der Waals surface area contributed by atoms with E-state index >= 15 is 0 Å². The maximum atomic E-state index is 11.1. The van der Waals surface area contributed by atoms with Gasteiger partial charge in [-0.15, -0.1) is 0 Å². The van der Waals surface area contributed by atoms with Gasteiger partial charge in [0.2, 0.25) is 0 Å². The van der Waals surface area contributed by atoms with Crippen molar-refractivity contribution >= 4 is 5.97 Å². The Morgan fingerprint density at radius 1 is 1.67 bits per heavy atom. The first-order valence-electron chi connectivity index (χ1n) is 4.64. The summed E-state index contributed by atoms with van der Waals surface area (Å²) in [4.78, 5) is 11.1. The monoisotopic (exact) mass is 168 g/mol. The molecule has 1 aliphatic rings. The Morgan fingerprint density at radius 2 is 2.42 bits per heavy atom. The summed E-state index contributed by atoms with van der Waals surface area (Å²) in [6, 6.07) is 0. The van der Waals surface area contributed by atoms with Crippen molar-refractivity contribution in [2.24, 2.45) is 0 Å². The fourth-order valence-corrected chi connectivity index (χ4v) is 1.34. The Balaban J connectivity index is 2.41. The van der Waals surface area contributed by atoms with Gasteiger partial charge in [0.05, 0.1) is 0 Å². The number of allylic oxidation sites excluding steroid dienone is 1. The lowest BCUT2D eigenvalue weighted by atomic mass is 10.1. The van der Waals surface area contributed by atoms with E-state index in [0.717, 1.165) is 24.8 Å². The molecule has 0 N–H and O–H groups in total. The molecule has 1 heterocycles. The van der Waals surface area contributed by atoms with Crippen LogP contribution in [0.2, 0.25) is 0 Å². The first-order chi connectivity index (χ1) is 5.74. The smallest absolute Gasteiger partial charge is 0.334 e. The molecule has 0 amide bonds.